The molecule has 1 unspecified atom stereocenters. The first-order valence-corrected chi connectivity index (χ1v) is 5.62. The van der Waals surface area contributed by atoms with Crippen LogP contribution in [0.5, 0.6) is 0 Å². The lowest BCUT2D eigenvalue weighted by Gasteiger charge is -2.28. The lowest BCUT2D eigenvalue weighted by Crippen LogP contribution is -2.37. The van der Waals surface area contributed by atoms with Crippen molar-refractivity contribution in [1.29, 1.82) is 0 Å². The zero-order valence-corrected chi connectivity index (χ0v) is 11.7. The third kappa shape index (κ3) is 5.46. The Morgan fingerprint density at radius 3 is 2.00 bits per heavy atom. The van der Waals surface area contributed by atoms with Crippen LogP contribution in [0.4, 0.5) is 13.2 Å². The number of alkyl halides is 3. The SMILES string of the molecule is C=C(/C(=C\C)C(F)(F)F)C(OC(C)(C)C)C(=O)OC. The fourth-order valence-corrected chi connectivity index (χ4v) is 1.39. The van der Waals surface area contributed by atoms with Crippen LogP contribution < -0.4 is 0 Å². The van der Waals surface area contributed by atoms with E-state index in [0.29, 0.717) is 0 Å². The average molecular weight is 280 g/mol. The molecule has 0 aromatic carbocycles. The molecule has 0 aliphatic rings. The Morgan fingerprint density at radius 2 is 1.74 bits per heavy atom. The Kier molecular flexibility index (Phi) is 5.81. The van der Waals surface area contributed by atoms with Gasteiger partial charge in [-0.15, -0.1) is 0 Å². The number of allylic oxidation sites excluding steroid dienone is 1. The third-order valence-corrected chi connectivity index (χ3v) is 2.14. The normalized spacial score (nSPS) is 15.1. The lowest BCUT2D eigenvalue weighted by molar-refractivity contribution is -0.159. The summed E-state index contributed by atoms with van der Waals surface area (Å²) < 4.78 is 48.2. The van der Waals surface area contributed by atoms with Gasteiger partial charge in [0.25, 0.3) is 0 Å². The standard InChI is InChI=1S/C13H19F3O3/c1-7-9(13(14,15)16)8(2)10(11(17)18-6)19-12(3,4)5/h7,10H,2H2,1,3-6H3/b9-7+. The van der Waals surface area contributed by atoms with Gasteiger partial charge in [0.05, 0.1) is 18.3 Å². The summed E-state index contributed by atoms with van der Waals surface area (Å²) in [5.41, 5.74) is -2.27. The summed E-state index contributed by atoms with van der Waals surface area (Å²) in [6.45, 7) is 9.43. The maximum absolute atomic E-state index is 12.8. The van der Waals surface area contributed by atoms with Gasteiger partial charge in [0.2, 0.25) is 0 Å². The van der Waals surface area contributed by atoms with Crippen LogP contribution in [-0.4, -0.2) is 31.0 Å². The minimum atomic E-state index is -4.60. The topological polar surface area (TPSA) is 35.5 Å². The molecule has 1 atom stereocenters. The maximum atomic E-state index is 12.8. The molecule has 0 fully saturated rings. The summed E-state index contributed by atoms with van der Waals surface area (Å²) in [5, 5.41) is 0. The quantitative estimate of drug-likeness (QED) is 0.585. The van der Waals surface area contributed by atoms with Crippen LogP contribution in [0.25, 0.3) is 0 Å². The molecule has 0 saturated carbocycles. The molecule has 0 heterocycles. The second kappa shape index (κ2) is 6.23. The number of rotatable bonds is 4. The molecule has 0 aliphatic heterocycles. The predicted octanol–water partition coefficient (Wildman–Crippen LogP) is 3.41. The smallest absolute Gasteiger partial charge is 0.416 e. The van der Waals surface area contributed by atoms with Crippen molar-refractivity contribution >= 4 is 5.97 Å². The van der Waals surface area contributed by atoms with Crippen LogP contribution in [0.2, 0.25) is 0 Å². The molecule has 0 radical (unpaired) electrons. The van der Waals surface area contributed by atoms with Gasteiger partial charge in [0, 0.05) is 0 Å². The van der Waals surface area contributed by atoms with Crippen molar-refractivity contribution in [3.05, 3.63) is 23.8 Å². The van der Waals surface area contributed by atoms with Crippen molar-refractivity contribution in [1.82, 2.24) is 0 Å². The van der Waals surface area contributed by atoms with Gasteiger partial charge in [-0.25, -0.2) is 4.79 Å². The first-order chi connectivity index (χ1) is 8.44. The molecule has 0 amide bonds. The Bertz CT molecular complexity index is 376. The predicted molar refractivity (Wildman–Crippen MR) is 65.6 cm³/mol. The largest absolute Gasteiger partial charge is 0.467 e. The zero-order valence-electron chi connectivity index (χ0n) is 11.7. The third-order valence-electron chi connectivity index (χ3n) is 2.14. The molecule has 3 nitrogen and oxygen atoms in total. The number of hydrogen-bond donors (Lipinski definition) is 0. The number of ether oxygens (including phenoxy) is 2. The van der Waals surface area contributed by atoms with Crippen molar-refractivity contribution in [2.24, 2.45) is 0 Å². The fraction of sp³-hybridized carbons (Fsp3) is 0.615. The van der Waals surface area contributed by atoms with Gasteiger partial charge in [-0.05, 0) is 33.3 Å². The van der Waals surface area contributed by atoms with Crippen LogP contribution in [0.15, 0.2) is 23.8 Å². The summed E-state index contributed by atoms with van der Waals surface area (Å²) in [6, 6.07) is 0. The van der Waals surface area contributed by atoms with Crippen LogP contribution in [0, 0.1) is 0 Å². The average Bonchev–Trinajstić information content (AvgIpc) is 2.22. The maximum Gasteiger partial charge on any atom is 0.416 e. The van der Waals surface area contributed by atoms with E-state index in [0.717, 1.165) is 13.2 Å². The molecule has 6 heteroatoms. The molecule has 19 heavy (non-hydrogen) atoms. The minimum Gasteiger partial charge on any atom is -0.467 e. The van der Waals surface area contributed by atoms with Crippen molar-refractivity contribution < 1.29 is 27.4 Å². The van der Waals surface area contributed by atoms with E-state index in [4.69, 9.17) is 4.74 Å². The Hall–Kier alpha value is -1.30. The van der Waals surface area contributed by atoms with E-state index >= 15 is 0 Å². The monoisotopic (exact) mass is 280 g/mol. The van der Waals surface area contributed by atoms with E-state index in [2.05, 4.69) is 11.3 Å². The van der Waals surface area contributed by atoms with Gasteiger partial charge in [-0.2, -0.15) is 13.2 Å². The fourth-order valence-electron chi connectivity index (χ4n) is 1.39. The molecule has 110 valence electrons. The van der Waals surface area contributed by atoms with Crippen molar-refractivity contribution in [2.75, 3.05) is 7.11 Å². The Balaban J connectivity index is 5.40. The molecule has 0 N–H and O–H groups in total. The molecule has 0 rings (SSSR count). The molecule has 0 aromatic rings. The van der Waals surface area contributed by atoms with E-state index < -0.39 is 35.0 Å². The van der Waals surface area contributed by atoms with Gasteiger partial charge in [0.1, 0.15) is 0 Å². The molecule has 0 spiro atoms. The second-order valence-electron chi connectivity index (χ2n) is 4.86. The molecular weight excluding hydrogens is 261 g/mol. The molecule has 0 aromatic heterocycles. The number of carbonyl (C=O) groups excluding carboxylic acids is 1. The van der Waals surface area contributed by atoms with Crippen molar-refractivity contribution in [3.8, 4) is 0 Å². The van der Waals surface area contributed by atoms with Gasteiger partial charge in [0.15, 0.2) is 6.10 Å². The number of esters is 1. The summed E-state index contributed by atoms with van der Waals surface area (Å²) >= 11 is 0. The highest BCUT2D eigenvalue weighted by molar-refractivity contribution is 5.79. The summed E-state index contributed by atoms with van der Waals surface area (Å²) in [6.07, 6.45) is -5.23. The van der Waals surface area contributed by atoms with E-state index in [1.54, 1.807) is 20.8 Å². The van der Waals surface area contributed by atoms with Gasteiger partial charge < -0.3 is 9.47 Å². The second-order valence-corrected chi connectivity index (χ2v) is 4.86. The first-order valence-electron chi connectivity index (χ1n) is 5.62. The lowest BCUT2D eigenvalue weighted by atomic mass is 10.0. The zero-order chi connectivity index (χ0) is 15.4. The first kappa shape index (κ1) is 17.7. The Morgan fingerprint density at radius 1 is 1.26 bits per heavy atom. The van der Waals surface area contributed by atoms with E-state index in [-0.39, 0.29) is 0 Å². The summed E-state index contributed by atoms with van der Waals surface area (Å²) in [4.78, 5) is 11.6. The van der Waals surface area contributed by atoms with Crippen molar-refractivity contribution in [2.45, 2.75) is 45.6 Å². The van der Waals surface area contributed by atoms with Crippen LogP contribution >= 0.6 is 0 Å². The van der Waals surface area contributed by atoms with Crippen LogP contribution in [-0.2, 0) is 14.3 Å². The molecule has 0 aliphatic carbocycles. The highest BCUT2D eigenvalue weighted by Crippen LogP contribution is 2.34. The molecular formula is C13H19F3O3. The van der Waals surface area contributed by atoms with Gasteiger partial charge >= 0.3 is 12.1 Å². The van der Waals surface area contributed by atoms with Crippen LogP contribution in [0.3, 0.4) is 0 Å². The molecule has 0 saturated heterocycles. The van der Waals surface area contributed by atoms with E-state index in [1.807, 2.05) is 0 Å². The van der Waals surface area contributed by atoms with Crippen molar-refractivity contribution in [3.63, 3.8) is 0 Å². The highest BCUT2D eigenvalue weighted by Gasteiger charge is 2.40. The number of methoxy groups -OCH3 is 1. The number of carbonyl (C=O) groups is 1. The van der Waals surface area contributed by atoms with Crippen LogP contribution in [0.1, 0.15) is 27.7 Å². The number of halogens is 3. The van der Waals surface area contributed by atoms with Gasteiger partial charge in [-0.3, -0.25) is 0 Å². The molecule has 0 bridgehead atoms. The summed E-state index contributed by atoms with van der Waals surface area (Å²) in [7, 11) is 1.08. The Labute approximate surface area is 111 Å². The minimum absolute atomic E-state index is 0.461. The van der Waals surface area contributed by atoms with E-state index in [9.17, 15) is 18.0 Å². The van der Waals surface area contributed by atoms with Gasteiger partial charge in [-0.1, -0.05) is 12.7 Å². The van der Waals surface area contributed by atoms with E-state index in [1.165, 1.54) is 6.92 Å². The highest BCUT2D eigenvalue weighted by atomic mass is 19.4. The summed E-state index contributed by atoms with van der Waals surface area (Å²) in [5.74, 6) is -0.913. The number of hydrogen-bond acceptors (Lipinski definition) is 3.